The zero-order chi connectivity index (χ0) is 4.69. The Hall–Kier alpha value is 0.210. The maximum atomic E-state index is 5.17. The Labute approximate surface area is 55.0 Å². The van der Waals surface area contributed by atoms with Crippen LogP contribution in [0.2, 0.25) is 0 Å². The lowest BCUT2D eigenvalue weighted by Crippen LogP contribution is -2.60. The molecule has 3 heteroatoms. The van der Waals surface area contributed by atoms with Gasteiger partial charge in [-0.25, -0.2) is 0 Å². The van der Waals surface area contributed by atoms with Crippen molar-refractivity contribution in [2.24, 2.45) is 0 Å². The van der Waals surface area contributed by atoms with Crippen molar-refractivity contribution >= 4 is 12.4 Å². The molecule has 3 heterocycles. The van der Waals surface area contributed by atoms with E-state index in [2.05, 4.69) is 5.32 Å². The molecule has 3 fully saturated rings. The third-order valence-electron chi connectivity index (χ3n) is 1.68. The molecule has 8 heavy (non-hydrogen) atoms. The van der Waals surface area contributed by atoms with Crippen LogP contribution in [-0.2, 0) is 4.74 Å². The van der Waals surface area contributed by atoms with Gasteiger partial charge in [0.2, 0.25) is 0 Å². The summed E-state index contributed by atoms with van der Waals surface area (Å²) in [6, 6.07) is 1.41. The van der Waals surface area contributed by atoms with Crippen LogP contribution in [0.25, 0.3) is 0 Å². The van der Waals surface area contributed by atoms with Crippen molar-refractivity contribution in [1.29, 1.82) is 0 Å². The van der Waals surface area contributed by atoms with Crippen LogP contribution in [0.3, 0.4) is 0 Å². The Bertz CT molecular complexity index is 69.0. The van der Waals surface area contributed by atoms with Crippen LogP contribution in [0.4, 0.5) is 0 Å². The van der Waals surface area contributed by atoms with E-state index in [0.29, 0.717) is 12.1 Å². The largest absolute Gasteiger partial charge is 0.378 e. The lowest BCUT2D eigenvalue weighted by Gasteiger charge is -2.42. The van der Waals surface area contributed by atoms with Gasteiger partial charge >= 0.3 is 0 Å². The molecule has 3 rings (SSSR count). The van der Waals surface area contributed by atoms with E-state index >= 15 is 0 Å². The molecular weight excluding hydrogens is 126 g/mol. The summed E-state index contributed by atoms with van der Waals surface area (Å²) in [5.41, 5.74) is 0. The third kappa shape index (κ3) is 0.835. The van der Waals surface area contributed by atoms with E-state index in [1.165, 1.54) is 6.42 Å². The predicted octanol–water partition coefficient (Wildman–Crippen LogP) is 0.169. The summed E-state index contributed by atoms with van der Waals surface area (Å²) in [7, 11) is 0. The summed E-state index contributed by atoms with van der Waals surface area (Å²) < 4.78 is 5.17. The van der Waals surface area contributed by atoms with E-state index in [1.807, 2.05) is 0 Å². The van der Waals surface area contributed by atoms with Crippen LogP contribution >= 0.6 is 12.4 Å². The van der Waals surface area contributed by atoms with Gasteiger partial charge in [0.15, 0.2) is 0 Å². The van der Waals surface area contributed by atoms with Crippen LogP contribution in [-0.4, -0.2) is 25.3 Å². The maximum absolute atomic E-state index is 5.17. The second-order valence-corrected chi connectivity index (χ2v) is 2.33. The molecule has 0 aliphatic carbocycles. The van der Waals surface area contributed by atoms with Gasteiger partial charge in [0.1, 0.15) is 0 Å². The van der Waals surface area contributed by atoms with Crippen molar-refractivity contribution in [1.82, 2.24) is 5.32 Å². The molecule has 0 spiro atoms. The van der Waals surface area contributed by atoms with Gasteiger partial charge in [-0.3, -0.25) is 0 Å². The molecule has 2 bridgehead atoms. The molecule has 48 valence electrons. The molecule has 0 saturated carbocycles. The first-order valence-electron chi connectivity index (χ1n) is 2.79. The van der Waals surface area contributed by atoms with Gasteiger partial charge in [0, 0.05) is 12.1 Å². The summed E-state index contributed by atoms with van der Waals surface area (Å²) in [5, 5.41) is 3.35. The van der Waals surface area contributed by atoms with Crippen molar-refractivity contribution in [2.75, 3.05) is 13.2 Å². The van der Waals surface area contributed by atoms with Crippen LogP contribution in [0, 0.1) is 0 Å². The van der Waals surface area contributed by atoms with Gasteiger partial charge in [0.25, 0.3) is 0 Å². The molecule has 3 saturated heterocycles. The van der Waals surface area contributed by atoms with E-state index in [0.717, 1.165) is 13.2 Å². The molecule has 0 aromatic heterocycles. The monoisotopic (exact) mass is 135 g/mol. The molecule has 3 aliphatic heterocycles. The van der Waals surface area contributed by atoms with Crippen LogP contribution in [0.1, 0.15) is 6.42 Å². The number of morpholine rings is 1. The third-order valence-corrected chi connectivity index (χ3v) is 1.68. The number of hydrogen-bond donors (Lipinski definition) is 1. The highest BCUT2D eigenvalue weighted by Gasteiger charge is 2.32. The highest BCUT2D eigenvalue weighted by molar-refractivity contribution is 5.85. The maximum Gasteiger partial charge on any atom is 0.0621 e. The molecule has 2 nitrogen and oxygen atoms in total. The number of ether oxygens (including phenoxy) is 1. The van der Waals surface area contributed by atoms with Gasteiger partial charge in [-0.1, -0.05) is 0 Å². The van der Waals surface area contributed by atoms with Crippen molar-refractivity contribution in [3.8, 4) is 0 Å². The Morgan fingerprint density at radius 2 is 1.75 bits per heavy atom. The minimum atomic E-state index is 0. The first-order chi connectivity index (χ1) is 3.45. The first-order valence-corrected chi connectivity index (χ1v) is 2.79. The Morgan fingerprint density at radius 1 is 1.25 bits per heavy atom. The second kappa shape index (κ2) is 2.21. The lowest BCUT2D eigenvalue weighted by atomic mass is 9.96. The first kappa shape index (κ1) is 6.33. The van der Waals surface area contributed by atoms with Gasteiger partial charge in [-0.15, -0.1) is 12.4 Å². The number of fused-ring (bicyclic) bond motifs is 2. The summed E-state index contributed by atoms with van der Waals surface area (Å²) >= 11 is 0. The molecular formula is C5H10ClNO. The highest BCUT2D eigenvalue weighted by Crippen LogP contribution is 2.17. The number of rotatable bonds is 0. The van der Waals surface area contributed by atoms with Gasteiger partial charge in [-0.2, -0.15) is 0 Å². The highest BCUT2D eigenvalue weighted by atomic mass is 35.5. The second-order valence-electron chi connectivity index (χ2n) is 2.33. The molecule has 0 radical (unpaired) electrons. The number of hydrogen-bond acceptors (Lipinski definition) is 2. The Balaban J connectivity index is 0.000000320. The van der Waals surface area contributed by atoms with Crippen LogP contribution in [0.5, 0.6) is 0 Å². The molecule has 3 aliphatic rings. The van der Waals surface area contributed by atoms with E-state index in [1.54, 1.807) is 0 Å². The van der Waals surface area contributed by atoms with E-state index in [-0.39, 0.29) is 12.4 Å². The molecule has 1 N–H and O–H groups in total. The van der Waals surface area contributed by atoms with Crippen molar-refractivity contribution in [3.05, 3.63) is 0 Å². The molecule has 0 aromatic rings. The summed E-state index contributed by atoms with van der Waals surface area (Å²) in [4.78, 5) is 0. The summed E-state index contributed by atoms with van der Waals surface area (Å²) in [6.45, 7) is 1.88. The minimum Gasteiger partial charge on any atom is -0.378 e. The van der Waals surface area contributed by atoms with Crippen molar-refractivity contribution in [3.63, 3.8) is 0 Å². The standard InChI is InChI=1S/C5H9NO.ClH/c1-4-2-7-3-5(1)6-4;/h4-6H,1-3H2;1H. The van der Waals surface area contributed by atoms with Crippen LogP contribution < -0.4 is 5.32 Å². The van der Waals surface area contributed by atoms with Crippen LogP contribution in [0.15, 0.2) is 0 Å². The van der Waals surface area contributed by atoms with Crippen molar-refractivity contribution < 1.29 is 4.74 Å². The predicted molar refractivity (Wildman–Crippen MR) is 33.4 cm³/mol. The topological polar surface area (TPSA) is 21.3 Å². The van der Waals surface area contributed by atoms with Gasteiger partial charge in [-0.05, 0) is 6.42 Å². The minimum absolute atomic E-state index is 0. The van der Waals surface area contributed by atoms with E-state index in [9.17, 15) is 0 Å². The molecule has 0 amide bonds. The number of nitrogens with one attached hydrogen (secondary N) is 1. The average molecular weight is 136 g/mol. The van der Waals surface area contributed by atoms with E-state index < -0.39 is 0 Å². The Morgan fingerprint density at radius 3 is 1.88 bits per heavy atom. The van der Waals surface area contributed by atoms with Gasteiger partial charge < -0.3 is 10.1 Å². The summed E-state index contributed by atoms with van der Waals surface area (Å²) in [5.74, 6) is 0. The zero-order valence-electron chi connectivity index (χ0n) is 4.59. The fourth-order valence-electron chi connectivity index (χ4n) is 1.24. The quantitative estimate of drug-likeness (QED) is 0.511. The smallest absolute Gasteiger partial charge is 0.0621 e. The summed E-state index contributed by atoms with van der Waals surface area (Å²) in [6.07, 6.45) is 1.35. The molecule has 0 aromatic carbocycles. The molecule has 2 unspecified atom stereocenters. The SMILES string of the molecule is C1OCC2CC1N2.Cl. The fraction of sp³-hybridized carbons (Fsp3) is 1.00. The van der Waals surface area contributed by atoms with Crippen molar-refractivity contribution in [2.45, 2.75) is 18.5 Å². The van der Waals surface area contributed by atoms with E-state index in [4.69, 9.17) is 4.74 Å². The molecule has 2 atom stereocenters. The number of halogens is 1. The normalized spacial score (nSPS) is 42.0. The lowest BCUT2D eigenvalue weighted by molar-refractivity contribution is -0.0172. The Kier molecular flexibility index (Phi) is 1.75. The fourth-order valence-corrected chi connectivity index (χ4v) is 1.24. The average Bonchev–Trinajstić information content (AvgIpc) is 1.67. The zero-order valence-corrected chi connectivity index (χ0v) is 5.41. The van der Waals surface area contributed by atoms with Gasteiger partial charge in [0.05, 0.1) is 13.2 Å².